The number of nitrogens with zero attached hydrogens (tertiary/aromatic N) is 3. The van der Waals surface area contributed by atoms with Crippen molar-refractivity contribution >= 4 is 34.0 Å². The molecule has 6 rings (SSSR count). The number of piperazine rings is 1. The van der Waals surface area contributed by atoms with Crippen LogP contribution in [0.2, 0.25) is 0 Å². The Labute approximate surface area is 227 Å². The van der Waals surface area contributed by atoms with E-state index in [0.717, 1.165) is 66.7 Å². The summed E-state index contributed by atoms with van der Waals surface area (Å²) >= 11 is 0. The van der Waals surface area contributed by atoms with Crippen LogP contribution in [0, 0.1) is 0 Å². The predicted molar refractivity (Wildman–Crippen MR) is 155 cm³/mol. The van der Waals surface area contributed by atoms with Crippen molar-refractivity contribution in [2.24, 2.45) is 0 Å². The standard InChI is InChI=1S/C30H34N6O3/c1-32-30(37)24-8-7-20(18-26(24)36-13-11-35(12-14-36)22-5-3-2-4-6-22)21-17-25-28(29(31)34-33-25)27(19-21)39-23-9-15-38-16-10-23/h2-8,17-19,23H,9-16H2,1H3,(H,32,37)(H3,31,33,34). The molecule has 3 aromatic carbocycles. The van der Waals surface area contributed by atoms with Crippen LogP contribution < -0.4 is 25.6 Å². The molecule has 2 fully saturated rings. The van der Waals surface area contributed by atoms with Gasteiger partial charge >= 0.3 is 0 Å². The Morgan fingerprint density at radius 3 is 2.49 bits per heavy atom. The topological polar surface area (TPSA) is 109 Å². The molecule has 2 aliphatic heterocycles. The van der Waals surface area contributed by atoms with Gasteiger partial charge in [0, 0.05) is 51.8 Å². The summed E-state index contributed by atoms with van der Waals surface area (Å²) in [6.45, 7) is 4.77. The van der Waals surface area contributed by atoms with Gasteiger partial charge in [-0.25, -0.2) is 0 Å². The lowest BCUT2D eigenvalue weighted by Gasteiger charge is -2.38. The summed E-state index contributed by atoms with van der Waals surface area (Å²) in [5.41, 5.74) is 11.8. The molecule has 202 valence electrons. The number of nitrogens with one attached hydrogen (secondary N) is 2. The lowest BCUT2D eigenvalue weighted by Crippen LogP contribution is -2.47. The molecule has 4 N–H and O–H groups in total. The van der Waals surface area contributed by atoms with Crippen molar-refractivity contribution in [3.63, 3.8) is 0 Å². The Morgan fingerprint density at radius 2 is 1.74 bits per heavy atom. The second kappa shape index (κ2) is 10.9. The van der Waals surface area contributed by atoms with Crippen LogP contribution in [-0.4, -0.2) is 68.6 Å². The maximum atomic E-state index is 12.9. The number of aromatic amines is 1. The molecule has 39 heavy (non-hydrogen) atoms. The molecule has 3 heterocycles. The molecule has 2 saturated heterocycles. The van der Waals surface area contributed by atoms with Gasteiger partial charge in [0.05, 0.1) is 35.4 Å². The summed E-state index contributed by atoms with van der Waals surface area (Å²) in [6, 6.07) is 20.6. The number of rotatable bonds is 6. The van der Waals surface area contributed by atoms with Crippen molar-refractivity contribution in [3.8, 4) is 16.9 Å². The zero-order chi connectivity index (χ0) is 26.8. The largest absolute Gasteiger partial charge is 0.489 e. The van der Waals surface area contributed by atoms with Crippen LogP contribution in [0.15, 0.2) is 60.7 Å². The highest BCUT2D eigenvalue weighted by Crippen LogP contribution is 2.38. The summed E-state index contributed by atoms with van der Waals surface area (Å²) in [4.78, 5) is 17.5. The van der Waals surface area contributed by atoms with Gasteiger partial charge in [-0.2, -0.15) is 5.10 Å². The minimum Gasteiger partial charge on any atom is -0.489 e. The average molecular weight is 527 g/mol. The van der Waals surface area contributed by atoms with Crippen LogP contribution in [0.1, 0.15) is 23.2 Å². The van der Waals surface area contributed by atoms with Crippen LogP contribution in [0.3, 0.4) is 0 Å². The monoisotopic (exact) mass is 526 g/mol. The van der Waals surface area contributed by atoms with Gasteiger partial charge < -0.3 is 30.3 Å². The smallest absolute Gasteiger partial charge is 0.253 e. The fraction of sp³-hybridized carbons (Fsp3) is 0.333. The van der Waals surface area contributed by atoms with E-state index in [9.17, 15) is 4.79 Å². The summed E-state index contributed by atoms with van der Waals surface area (Å²) in [5.74, 6) is 1.04. The number of hydrogen-bond donors (Lipinski definition) is 3. The number of carbonyl (C=O) groups is 1. The number of ether oxygens (including phenoxy) is 2. The third kappa shape index (κ3) is 5.09. The minimum atomic E-state index is -0.0950. The number of benzene rings is 3. The van der Waals surface area contributed by atoms with Crippen LogP contribution in [-0.2, 0) is 4.74 Å². The van der Waals surface area contributed by atoms with E-state index >= 15 is 0 Å². The molecule has 1 aromatic heterocycles. The van der Waals surface area contributed by atoms with Crippen molar-refractivity contribution in [1.29, 1.82) is 0 Å². The molecule has 9 nitrogen and oxygen atoms in total. The lowest BCUT2D eigenvalue weighted by molar-refractivity contribution is 0.0262. The number of fused-ring (bicyclic) bond motifs is 1. The number of amides is 1. The molecular weight excluding hydrogens is 492 g/mol. The second-order valence-corrected chi connectivity index (χ2v) is 10.1. The van der Waals surface area contributed by atoms with Crippen LogP contribution in [0.25, 0.3) is 22.0 Å². The number of nitrogen functional groups attached to an aromatic ring is 1. The van der Waals surface area contributed by atoms with E-state index < -0.39 is 0 Å². The molecule has 0 saturated carbocycles. The molecule has 0 bridgehead atoms. The first-order valence-electron chi connectivity index (χ1n) is 13.5. The maximum Gasteiger partial charge on any atom is 0.253 e. The van der Waals surface area contributed by atoms with Gasteiger partial charge in [-0.1, -0.05) is 24.3 Å². The molecule has 0 aliphatic carbocycles. The van der Waals surface area contributed by atoms with E-state index in [4.69, 9.17) is 15.2 Å². The zero-order valence-electron chi connectivity index (χ0n) is 22.2. The maximum absolute atomic E-state index is 12.9. The van der Waals surface area contributed by atoms with Crippen molar-refractivity contribution in [2.75, 3.05) is 62.0 Å². The van der Waals surface area contributed by atoms with Crippen molar-refractivity contribution in [3.05, 3.63) is 66.2 Å². The average Bonchev–Trinajstić information content (AvgIpc) is 3.38. The van der Waals surface area contributed by atoms with E-state index in [-0.39, 0.29) is 12.0 Å². The third-order valence-corrected chi connectivity index (χ3v) is 7.66. The van der Waals surface area contributed by atoms with Gasteiger partial charge in [-0.15, -0.1) is 0 Å². The first-order chi connectivity index (χ1) is 19.1. The Kier molecular flexibility index (Phi) is 6.98. The van der Waals surface area contributed by atoms with Crippen LogP contribution in [0.5, 0.6) is 5.75 Å². The number of H-pyrrole nitrogens is 1. The molecule has 2 aliphatic rings. The highest BCUT2D eigenvalue weighted by Gasteiger charge is 2.24. The van der Waals surface area contributed by atoms with Gasteiger partial charge in [-0.3, -0.25) is 9.89 Å². The summed E-state index contributed by atoms with van der Waals surface area (Å²) in [6.07, 6.45) is 1.74. The van der Waals surface area contributed by atoms with Crippen LogP contribution >= 0.6 is 0 Å². The SMILES string of the molecule is CNC(=O)c1ccc(-c2cc(OC3CCOCC3)c3c(N)n[nH]c3c2)cc1N1CCN(c2ccccc2)CC1. The number of hydrogen-bond acceptors (Lipinski definition) is 7. The molecule has 1 amide bonds. The number of para-hydroxylation sites is 1. The van der Waals surface area contributed by atoms with E-state index in [2.05, 4.69) is 55.6 Å². The van der Waals surface area contributed by atoms with E-state index in [1.165, 1.54) is 5.69 Å². The Balaban J connectivity index is 1.34. The number of carbonyl (C=O) groups excluding carboxylic acids is 1. The van der Waals surface area contributed by atoms with Gasteiger partial charge in [0.25, 0.3) is 5.91 Å². The highest BCUT2D eigenvalue weighted by atomic mass is 16.5. The summed E-state index contributed by atoms with van der Waals surface area (Å²) < 4.78 is 12.0. The molecular formula is C30H34N6O3. The van der Waals surface area contributed by atoms with Gasteiger partial charge in [0.1, 0.15) is 11.9 Å². The van der Waals surface area contributed by atoms with Gasteiger partial charge in [0.2, 0.25) is 0 Å². The molecule has 4 aromatic rings. The fourth-order valence-corrected chi connectivity index (χ4v) is 5.52. The normalized spacial score (nSPS) is 16.4. The minimum absolute atomic E-state index is 0.0681. The molecule has 9 heteroatoms. The second-order valence-electron chi connectivity index (χ2n) is 10.1. The van der Waals surface area contributed by atoms with E-state index in [1.54, 1.807) is 7.05 Å². The zero-order valence-corrected chi connectivity index (χ0v) is 22.2. The van der Waals surface area contributed by atoms with Crippen molar-refractivity contribution in [2.45, 2.75) is 18.9 Å². The quantitative estimate of drug-likeness (QED) is 0.348. The first kappa shape index (κ1) is 25.1. The van der Waals surface area contributed by atoms with E-state index in [1.807, 2.05) is 30.3 Å². The van der Waals surface area contributed by atoms with Gasteiger partial charge in [-0.05, 0) is 47.5 Å². The lowest BCUT2D eigenvalue weighted by atomic mass is 9.99. The highest BCUT2D eigenvalue weighted by molar-refractivity contribution is 6.01. The Bertz CT molecular complexity index is 1460. The molecule has 0 radical (unpaired) electrons. The first-order valence-corrected chi connectivity index (χ1v) is 13.5. The Morgan fingerprint density at radius 1 is 1.00 bits per heavy atom. The molecule has 0 unspecified atom stereocenters. The van der Waals surface area contributed by atoms with Crippen molar-refractivity contribution in [1.82, 2.24) is 15.5 Å². The number of nitrogens with two attached hydrogens (primary N) is 1. The fourth-order valence-electron chi connectivity index (χ4n) is 5.52. The third-order valence-electron chi connectivity index (χ3n) is 7.66. The Hall–Kier alpha value is -4.24. The number of anilines is 3. The summed E-state index contributed by atoms with van der Waals surface area (Å²) in [7, 11) is 1.67. The van der Waals surface area contributed by atoms with Crippen molar-refractivity contribution < 1.29 is 14.3 Å². The van der Waals surface area contributed by atoms with Gasteiger partial charge in [0.15, 0.2) is 5.82 Å². The van der Waals surface area contributed by atoms with E-state index in [0.29, 0.717) is 30.3 Å². The number of aromatic nitrogens is 2. The summed E-state index contributed by atoms with van der Waals surface area (Å²) in [5, 5.41) is 10.9. The van der Waals surface area contributed by atoms with Crippen LogP contribution in [0.4, 0.5) is 17.2 Å². The molecule has 0 spiro atoms. The predicted octanol–water partition coefficient (Wildman–Crippen LogP) is 4.06. The molecule has 0 atom stereocenters.